The van der Waals surface area contributed by atoms with Crippen molar-refractivity contribution in [2.24, 2.45) is 0 Å². The quantitative estimate of drug-likeness (QED) is 0.635. The minimum atomic E-state index is -0.198. The maximum atomic E-state index is 11.8. The standard InChI is InChI=1S/C17H26N2O4/c1-3-22-12-16(20)18-11-15(19-17(21)13-23-4-2)10-14-8-6-5-7-9-14/h5-9,15H,3-4,10-13H2,1-2H3,(H,18,20)(H,19,21)/t15-/m0/s1. The van der Waals surface area contributed by atoms with E-state index in [9.17, 15) is 9.59 Å². The molecule has 1 rings (SSSR count). The van der Waals surface area contributed by atoms with Gasteiger partial charge in [0.2, 0.25) is 11.8 Å². The van der Waals surface area contributed by atoms with E-state index in [-0.39, 0.29) is 31.1 Å². The van der Waals surface area contributed by atoms with Gasteiger partial charge >= 0.3 is 0 Å². The Morgan fingerprint density at radius 1 is 1.00 bits per heavy atom. The molecule has 0 aliphatic carbocycles. The van der Waals surface area contributed by atoms with Crippen LogP contribution in [0.2, 0.25) is 0 Å². The van der Waals surface area contributed by atoms with Crippen molar-refractivity contribution < 1.29 is 19.1 Å². The molecule has 6 nitrogen and oxygen atoms in total. The highest BCUT2D eigenvalue weighted by Gasteiger charge is 2.14. The highest BCUT2D eigenvalue weighted by Crippen LogP contribution is 2.03. The fraction of sp³-hybridized carbons (Fsp3) is 0.529. The molecule has 2 N–H and O–H groups in total. The van der Waals surface area contributed by atoms with Gasteiger partial charge < -0.3 is 20.1 Å². The largest absolute Gasteiger partial charge is 0.372 e. The number of carbonyl (C=O) groups excluding carboxylic acids is 2. The van der Waals surface area contributed by atoms with E-state index in [1.54, 1.807) is 0 Å². The lowest BCUT2D eigenvalue weighted by Crippen LogP contribution is -2.46. The summed E-state index contributed by atoms with van der Waals surface area (Å²) >= 11 is 0. The molecule has 0 fully saturated rings. The number of amides is 2. The molecule has 0 heterocycles. The van der Waals surface area contributed by atoms with Gasteiger partial charge in [0.05, 0.1) is 6.04 Å². The predicted octanol–water partition coefficient (Wildman–Crippen LogP) is 0.903. The molecule has 23 heavy (non-hydrogen) atoms. The fourth-order valence-corrected chi connectivity index (χ4v) is 2.02. The smallest absolute Gasteiger partial charge is 0.246 e. The highest BCUT2D eigenvalue weighted by atomic mass is 16.5. The number of ether oxygens (including phenoxy) is 2. The normalized spacial score (nSPS) is 11.7. The van der Waals surface area contributed by atoms with Crippen molar-refractivity contribution in [3.05, 3.63) is 35.9 Å². The second-order valence-corrected chi connectivity index (χ2v) is 5.03. The van der Waals surface area contributed by atoms with Crippen LogP contribution in [0.5, 0.6) is 0 Å². The van der Waals surface area contributed by atoms with Crippen LogP contribution >= 0.6 is 0 Å². The second-order valence-electron chi connectivity index (χ2n) is 5.03. The summed E-state index contributed by atoms with van der Waals surface area (Å²) in [5, 5.41) is 5.67. The van der Waals surface area contributed by atoms with Crippen molar-refractivity contribution >= 4 is 11.8 Å². The number of hydrogen-bond donors (Lipinski definition) is 2. The van der Waals surface area contributed by atoms with E-state index in [2.05, 4.69) is 10.6 Å². The summed E-state index contributed by atoms with van der Waals surface area (Å²) in [7, 11) is 0. The molecule has 0 saturated heterocycles. The van der Waals surface area contributed by atoms with Crippen LogP contribution < -0.4 is 10.6 Å². The van der Waals surface area contributed by atoms with Crippen LogP contribution in [0.1, 0.15) is 19.4 Å². The molecule has 0 unspecified atom stereocenters. The molecule has 1 aromatic carbocycles. The molecular weight excluding hydrogens is 296 g/mol. The van der Waals surface area contributed by atoms with Crippen LogP contribution in [-0.4, -0.2) is 50.8 Å². The van der Waals surface area contributed by atoms with Gasteiger partial charge in [0.25, 0.3) is 0 Å². The molecule has 0 aromatic heterocycles. The molecule has 0 aliphatic heterocycles. The summed E-state index contributed by atoms with van der Waals surface area (Å²) in [6, 6.07) is 9.61. The second kappa shape index (κ2) is 11.6. The predicted molar refractivity (Wildman–Crippen MR) is 88.1 cm³/mol. The third-order valence-corrected chi connectivity index (χ3v) is 3.11. The van der Waals surface area contributed by atoms with Gasteiger partial charge in [-0.2, -0.15) is 0 Å². The van der Waals surface area contributed by atoms with Crippen LogP contribution in [-0.2, 0) is 25.5 Å². The first-order chi connectivity index (χ1) is 11.2. The van der Waals surface area contributed by atoms with Crippen LogP contribution in [0.3, 0.4) is 0 Å². The number of rotatable bonds is 11. The Morgan fingerprint density at radius 2 is 1.61 bits per heavy atom. The lowest BCUT2D eigenvalue weighted by molar-refractivity contribution is -0.128. The van der Waals surface area contributed by atoms with Crippen molar-refractivity contribution in [1.29, 1.82) is 0 Å². The minimum Gasteiger partial charge on any atom is -0.372 e. The number of hydrogen-bond acceptors (Lipinski definition) is 4. The minimum absolute atomic E-state index is 0.0225. The first-order valence-electron chi connectivity index (χ1n) is 7.91. The molecule has 128 valence electrons. The average molecular weight is 322 g/mol. The molecule has 0 saturated carbocycles. The van der Waals surface area contributed by atoms with Crippen molar-refractivity contribution in [2.75, 3.05) is 33.0 Å². The maximum absolute atomic E-state index is 11.8. The summed E-state index contributed by atoms with van der Waals surface area (Å²) < 4.78 is 10.2. The molecule has 0 spiro atoms. The molecule has 0 aliphatic rings. The van der Waals surface area contributed by atoms with Crippen molar-refractivity contribution in [1.82, 2.24) is 10.6 Å². The van der Waals surface area contributed by atoms with Crippen LogP contribution in [0.25, 0.3) is 0 Å². The number of nitrogens with one attached hydrogen (secondary N) is 2. The topological polar surface area (TPSA) is 76.7 Å². The SMILES string of the molecule is CCOCC(=O)NC[C@H](Cc1ccccc1)NC(=O)COCC. The third kappa shape index (κ3) is 8.95. The Morgan fingerprint density at radius 3 is 2.22 bits per heavy atom. The average Bonchev–Trinajstić information content (AvgIpc) is 2.56. The van der Waals surface area contributed by atoms with E-state index in [0.717, 1.165) is 5.56 Å². The van der Waals surface area contributed by atoms with Crippen LogP contribution in [0.15, 0.2) is 30.3 Å². The Hall–Kier alpha value is -1.92. The molecule has 2 amide bonds. The molecular formula is C17H26N2O4. The van der Waals surface area contributed by atoms with E-state index >= 15 is 0 Å². The Balaban J connectivity index is 2.53. The zero-order chi connectivity index (χ0) is 16.9. The van der Waals surface area contributed by atoms with Crippen LogP contribution in [0, 0.1) is 0 Å². The molecule has 1 aromatic rings. The molecule has 6 heteroatoms. The third-order valence-electron chi connectivity index (χ3n) is 3.11. The van der Waals surface area contributed by atoms with E-state index in [1.165, 1.54) is 0 Å². The zero-order valence-electron chi connectivity index (χ0n) is 13.8. The summed E-state index contributed by atoms with van der Waals surface area (Å²) in [5.41, 5.74) is 1.09. The van der Waals surface area contributed by atoms with Gasteiger partial charge in [0.1, 0.15) is 13.2 Å². The Bertz CT molecular complexity index is 465. The van der Waals surface area contributed by atoms with Gasteiger partial charge in [0.15, 0.2) is 0 Å². The summed E-state index contributed by atoms with van der Waals surface area (Å²) in [5.74, 6) is -0.379. The monoisotopic (exact) mass is 322 g/mol. The van der Waals surface area contributed by atoms with E-state index in [1.807, 2.05) is 44.2 Å². The molecule has 1 atom stereocenters. The summed E-state index contributed by atoms with van der Waals surface area (Å²) in [6.45, 7) is 5.05. The zero-order valence-corrected chi connectivity index (χ0v) is 13.8. The summed E-state index contributed by atoms with van der Waals surface area (Å²) in [6.07, 6.45) is 0.633. The Labute approximate surface area is 137 Å². The van der Waals surface area contributed by atoms with Crippen LogP contribution in [0.4, 0.5) is 0 Å². The van der Waals surface area contributed by atoms with Crippen molar-refractivity contribution in [3.63, 3.8) is 0 Å². The van der Waals surface area contributed by atoms with Gasteiger partial charge in [-0.05, 0) is 25.8 Å². The van der Waals surface area contributed by atoms with Crippen molar-refractivity contribution in [3.8, 4) is 0 Å². The number of benzene rings is 1. The number of carbonyl (C=O) groups is 2. The molecule has 0 bridgehead atoms. The summed E-state index contributed by atoms with van der Waals surface area (Å²) in [4.78, 5) is 23.5. The molecule has 0 radical (unpaired) electrons. The Kier molecular flexibility index (Phi) is 9.66. The van der Waals surface area contributed by atoms with Gasteiger partial charge in [-0.15, -0.1) is 0 Å². The maximum Gasteiger partial charge on any atom is 0.246 e. The fourth-order valence-electron chi connectivity index (χ4n) is 2.02. The van der Waals surface area contributed by atoms with Crippen molar-refractivity contribution in [2.45, 2.75) is 26.3 Å². The van der Waals surface area contributed by atoms with E-state index in [4.69, 9.17) is 9.47 Å². The van der Waals surface area contributed by atoms with E-state index in [0.29, 0.717) is 26.2 Å². The van der Waals surface area contributed by atoms with E-state index < -0.39 is 0 Å². The lowest BCUT2D eigenvalue weighted by atomic mass is 10.1. The lowest BCUT2D eigenvalue weighted by Gasteiger charge is -2.19. The van der Waals surface area contributed by atoms with Gasteiger partial charge in [-0.3, -0.25) is 9.59 Å². The van der Waals surface area contributed by atoms with Gasteiger partial charge in [-0.1, -0.05) is 30.3 Å². The highest BCUT2D eigenvalue weighted by molar-refractivity contribution is 5.78. The first-order valence-corrected chi connectivity index (χ1v) is 7.91. The van der Waals surface area contributed by atoms with Gasteiger partial charge in [-0.25, -0.2) is 0 Å². The van der Waals surface area contributed by atoms with Gasteiger partial charge in [0, 0.05) is 19.8 Å². The first kappa shape index (κ1) is 19.1.